The molecule has 1 aromatic rings. The van der Waals surface area contributed by atoms with Crippen LogP contribution in [0.1, 0.15) is 57.4 Å². The summed E-state index contributed by atoms with van der Waals surface area (Å²) < 4.78 is 0. The van der Waals surface area contributed by atoms with Gasteiger partial charge in [-0.1, -0.05) is 50.6 Å². The van der Waals surface area contributed by atoms with Crippen LogP contribution in [0, 0.1) is 5.92 Å². The van der Waals surface area contributed by atoms with Crippen LogP contribution >= 0.6 is 0 Å². The van der Waals surface area contributed by atoms with Gasteiger partial charge in [-0.25, -0.2) is 0 Å². The summed E-state index contributed by atoms with van der Waals surface area (Å²) in [5.41, 5.74) is 7.06. The molecule has 3 N–H and O–H groups in total. The van der Waals surface area contributed by atoms with E-state index in [0.29, 0.717) is 18.0 Å². The number of nitrogens with two attached hydrogens (primary N) is 1. The minimum absolute atomic E-state index is 0.0493. The molecule has 1 aromatic carbocycles. The van der Waals surface area contributed by atoms with E-state index < -0.39 is 0 Å². The van der Waals surface area contributed by atoms with E-state index in [-0.39, 0.29) is 11.8 Å². The maximum atomic E-state index is 12.8. The molecule has 0 saturated heterocycles. The highest BCUT2D eigenvalue weighted by Crippen LogP contribution is 2.28. The van der Waals surface area contributed by atoms with Crippen LogP contribution < -0.4 is 11.1 Å². The zero-order chi connectivity index (χ0) is 15.2. The van der Waals surface area contributed by atoms with Crippen molar-refractivity contribution in [3.63, 3.8) is 0 Å². The van der Waals surface area contributed by atoms with Gasteiger partial charge >= 0.3 is 0 Å². The standard InChI is InChI=1S/C18H28N2O/c1-3-13(2)17(14-7-5-4-6-8-14)18(21)20-16-11-9-15(19)10-12-16/h4-8,13,15-17H,3,9-12,19H2,1-2H3,(H,20,21). The second-order valence-electron chi connectivity index (χ2n) is 6.39. The second-order valence-corrected chi connectivity index (χ2v) is 6.39. The van der Waals surface area contributed by atoms with Crippen LogP contribution in [0.3, 0.4) is 0 Å². The van der Waals surface area contributed by atoms with Crippen LogP contribution in [0.2, 0.25) is 0 Å². The van der Waals surface area contributed by atoms with Gasteiger partial charge < -0.3 is 11.1 Å². The summed E-state index contributed by atoms with van der Waals surface area (Å²) >= 11 is 0. The van der Waals surface area contributed by atoms with Crippen molar-refractivity contribution in [2.24, 2.45) is 11.7 Å². The lowest BCUT2D eigenvalue weighted by Gasteiger charge is -2.30. The Labute approximate surface area is 128 Å². The molecule has 3 nitrogen and oxygen atoms in total. The van der Waals surface area contributed by atoms with Crippen LogP contribution in [0.15, 0.2) is 30.3 Å². The molecule has 0 aromatic heterocycles. The van der Waals surface area contributed by atoms with E-state index >= 15 is 0 Å². The zero-order valence-electron chi connectivity index (χ0n) is 13.2. The molecule has 116 valence electrons. The Bertz CT molecular complexity index is 438. The molecule has 0 heterocycles. The van der Waals surface area contributed by atoms with Gasteiger partial charge in [0.25, 0.3) is 0 Å². The third kappa shape index (κ3) is 4.31. The third-order valence-corrected chi connectivity index (χ3v) is 4.77. The first-order chi connectivity index (χ1) is 10.1. The molecule has 0 spiro atoms. The first-order valence-electron chi connectivity index (χ1n) is 8.22. The summed E-state index contributed by atoms with van der Waals surface area (Å²) in [5.74, 6) is 0.473. The van der Waals surface area contributed by atoms with Crippen molar-refractivity contribution in [3.8, 4) is 0 Å². The second kappa shape index (κ2) is 7.60. The Balaban J connectivity index is 2.05. The number of hydrogen-bond donors (Lipinski definition) is 2. The van der Waals surface area contributed by atoms with Crippen molar-refractivity contribution < 1.29 is 4.79 Å². The monoisotopic (exact) mass is 288 g/mol. The summed E-state index contributed by atoms with van der Waals surface area (Å²) in [7, 11) is 0. The van der Waals surface area contributed by atoms with Gasteiger partial charge in [-0.15, -0.1) is 0 Å². The van der Waals surface area contributed by atoms with Crippen LogP contribution in [-0.4, -0.2) is 18.0 Å². The van der Waals surface area contributed by atoms with Gasteiger partial charge in [-0.2, -0.15) is 0 Å². The fraction of sp³-hybridized carbons (Fsp3) is 0.611. The van der Waals surface area contributed by atoms with E-state index in [1.54, 1.807) is 0 Å². The molecule has 2 rings (SSSR count). The molecule has 1 aliphatic rings. The molecule has 0 bridgehead atoms. The van der Waals surface area contributed by atoms with Crippen molar-refractivity contribution in [1.82, 2.24) is 5.32 Å². The molecule has 1 fully saturated rings. The maximum absolute atomic E-state index is 12.8. The average molecular weight is 288 g/mol. The minimum atomic E-state index is -0.0493. The molecule has 3 heteroatoms. The van der Waals surface area contributed by atoms with Gasteiger partial charge in [0.1, 0.15) is 0 Å². The van der Waals surface area contributed by atoms with Crippen molar-refractivity contribution in [2.45, 2.75) is 64.0 Å². The number of benzene rings is 1. The highest BCUT2D eigenvalue weighted by Gasteiger charge is 2.28. The summed E-state index contributed by atoms with van der Waals surface area (Å²) in [4.78, 5) is 12.8. The van der Waals surface area contributed by atoms with Crippen molar-refractivity contribution in [3.05, 3.63) is 35.9 Å². The molecule has 1 amide bonds. The molecular formula is C18H28N2O. The van der Waals surface area contributed by atoms with E-state index in [9.17, 15) is 4.79 Å². The van der Waals surface area contributed by atoms with Crippen LogP contribution in [0.4, 0.5) is 0 Å². The summed E-state index contributed by atoms with van der Waals surface area (Å²) in [5, 5.41) is 3.26. The van der Waals surface area contributed by atoms with Crippen LogP contribution in [0.5, 0.6) is 0 Å². The number of hydrogen-bond acceptors (Lipinski definition) is 2. The van der Waals surface area contributed by atoms with Crippen LogP contribution in [-0.2, 0) is 4.79 Å². The SMILES string of the molecule is CCC(C)C(C(=O)NC1CCC(N)CC1)c1ccccc1. The van der Waals surface area contributed by atoms with Crippen molar-refractivity contribution in [2.75, 3.05) is 0 Å². The van der Waals surface area contributed by atoms with E-state index in [1.807, 2.05) is 18.2 Å². The first kappa shape index (κ1) is 16.0. The molecule has 2 unspecified atom stereocenters. The lowest BCUT2D eigenvalue weighted by atomic mass is 9.84. The minimum Gasteiger partial charge on any atom is -0.353 e. The Morgan fingerprint density at radius 3 is 2.43 bits per heavy atom. The lowest BCUT2D eigenvalue weighted by Crippen LogP contribution is -2.43. The first-order valence-corrected chi connectivity index (χ1v) is 8.22. The topological polar surface area (TPSA) is 55.1 Å². The summed E-state index contributed by atoms with van der Waals surface area (Å²) in [6.45, 7) is 4.31. The molecule has 1 aliphatic carbocycles. The average Bonchev–Trinajstić information content (AvgIpc) is 2.50. The van der Waals surface area contributed by atoms with Gasteiger partial charge in [0.05, 0.1) is 5.92 Å². The summed E-state index contributed by atoms with van der Waals surface area (Å²) in [6, 6.07) is 10.8. The fourth-order valence-electron chi connectivity index (χ4n) is 3.19. The molecule has 21 heavy (non-hydrogen) atoms. The number of carbonyl (C=O) groups is 1. The Kier molecular flexibility index (Phi) is 5.80. The number of amides is 1. The van der Waals surface area contributed by atoms with E-state index in [0.717, 1.165) is 37.7 Å². The smallest absolute Gasteiger partial charge is 0.228 e. The van der Waals surface area contributed by atoms with E-state index in [4.69, 9.17) is 5.73 Å². The predicted octanol–water partition coefficient (Wildman–Crippen LogP) is 3.20. The number of carbonyl (C=O) groups excluding carboxylic acids is 1. The van der Waals surface area contributed by atoms with Gasteiger partial charge in [0, 0.05) is 12.1 Å². The van der Waals surface area contributed by atoms with Gasteiger partial charge in [0.2, 0.25) is 5.91 Å². The quantitative estimate of drug-likeness (QED) is 0.874. The number of rotatable bonds is 5. The lowest BCUT2D eigenvalue weighted by molar-refractivity contribution is -0.124. The van der Waals surface area contributed by atoms with Gasteiger partial charge in [0.15, 0.2) is 0 Å². The molecule has 0 radical (unpaired) electrons. The van der Waals surface area contributed by atoms with E-state index in [1.165, 1.54) is 0 Å². The predicted molar refractivity (Wildman–Crippen MR) is 87.0 cm³/mol. The largest absolute Gasteiger partial charge is 0.353 e. The summed E-state index contributed by atoms with van der Waals surface area (Å²) in [6.07, 6.45) is 5.06. The molecule has 1 saturated carbocycles. The fourth-order valence-corrected chi connectivity index (χ4v) is 3.19. The molecule has 0 aliphatic heterocycles. The molecular weight excluding hydrogens is 260 g/mol. The Hall–Kier alpha value is -1.35. The van der Waals surface area contributed by atoms with Gasteiger partial charge in [-0.3, -0.25) is 4.79 Å². The number of nitrogens with one attached hydrogen (secondary N) is 1. The van der Waals surface area contributed by atoms with Crippen molar-refractivity contribution >= 4 is 5.91 Å². The normalized spacial score (nSPS) is 25.1. The van der Waals surface area contributed by atoms with Crippen LogP contribution in [0.25, 0.3) is 0 Å². The zero-order valence-corrected chi connectivity index (χ0v) is 13.2. The maximum Gasteiger partial charge on any atom is 0.228 e. The Morgan fingerprint density at radius 1 is 1.24 bits per heavy atom. The highest BCUT2D eigenvalue weighted by molar-refractivity contribution is 5.84. The highest BCUT2D eigenvalue weighted by atomic mass is 16.2. The Morgan fingerprint density at radius 2 is 1.86 bits per heavy atom. The third-order valence-electron chi connectivity index (χ3n) is 4.77. The molecule has 2 atom stereocenters. The van der Waals surface area contributed by atoms with E-state index in [2.05, 4.69) is 31.3 Å². The van der Waals surface area contributed by atoms with Gasteiger partial charge in [-0.05, 0) is 37.2 Å². The van der Waals surface area contributed by atoms with Crippen molar-refractivity contribution in [1.29, 1.82) is 0 Å².